The number of ether oxygens (including phenoxy) is 3. The van der Waals surface area contributed by atoms with Gasteiger partial charge in [-0.25, -0.2) is 0 Å². The molecule has 1 aromatic heterocycles. The van der Waals surface area contributed by atoms with Crippen LogP contribution in [0.5, 0.6) is 17.2 Å². The molecule has 10 heteroatoms. The van der Waals surface area contributed by atoms with Gasteiger partial charge in [-0.3, -0.25) is 4.79 Å². The summed E-state index contributed by atoms with van der Waals surface area (Å²) in [6, 6.07) is 5.19. The summed E-state index contributed by atoms with van der Waals surface area (Å²) in [5.41, 5.74) is 1.44. The van der Waals surface area contributed by atoms with Crippen molar-refractivity contribution in [1.29, 1.82) is 0 Å². The Hall–Kier alpha value is -2.88. The van der Waals surface area contributed by atoms with E-state index in [9.17, 15) is 18.0 Å². The van der Waals surface area contributed by atoms with Crippen LogP contribution in [0.4, 0.5) is 13.2 Å². The monoisotopic (exact) mass is 429 g/mol. The minimum atomic E-state index is -4.93. The number of aliphatic hydroxyl groups is 1. The van der Waals surface area contributed by atoms with E-state index < -0.39 is 12.1 Å². The molecule has 2 aromatic rings. The number of furan rings is 1. The molecule has 1 aliphatic heterocycles. The van der Waals surface area contributed by atoms with Crippen LogP contribution in [0.15, 0.2) is 22.6 Å². The number of carbonyl (C=O) groups is 1. The number of hydrogen-bond acceptors (Lipinski definition) is 6. The van der Waals surface area contributed by atoms with E-state index in [1.165, 1.54) is 7.11 Å². The number of benzene rings is 1. The fourth-order valence-electron chi connectivity index (χ4n) is 3.14. The van der Waals surface area contributed by atoms with Gasteiger partial charge < -0.3 is 29.1 Å². The lowest BCUT2D eigenvalue weighted by Crippen LogP contribution is -2.37. The number of fused-ring (bicyclic) bond motifs is 1. The quantitative estimate of drug-likeness (QED) is 0.637. The van der Waals surface area contributed by atoms with E-state index >= 15 is 0 Å². The van der Waals surface area contributed by atoms with Crippen LogP contribution in [0.1, 0.15) is 29.1 Å². The molecule has 0 unspecified atom stereocenters. The Kier molecular flexibility index (Phi) is 6.76. The van der Waals surface area contributed by atoms with Crippen LogP contribution in [0.25, 0.3) is 0 Å². The van der Waals surface area contributed by atoms with E-state index in [1.54, 1.807) is 18.2 Å². The first-order valence-corrected chi connectivity index (χ1v) is 9.34. The van der Waals surface area contributed by atoms with E-state index in [0.717, 1.165) is 5.56 Å². The van der Waals surface area contributed by atoms with E-state index in [1.807, 2.05) is 5.32 Å². The molecule has 0 saturated carbocycles. The first kappa shape index (κ1) is 21.8. The Balaban J connectivity index is 1.80. The molecule has 30 heavy (non-hydrogen) atoms. The predicted molar refractivity (Wildman–Crippen MR) is 98.8 cm³/mol. The lowest BCUT2D eigenvalue weighted by molar-refractivity contribution is -0.173. The average Bonchev–Trinajstić information content (AvgIpc) is 3.31. The summed E-state index contributed by atoms with van der Waals surface area (Å²) in [5.74, 6) is 0.786. The maximum absolute atomic E-state index is 12.4. The van der Waals surface area contributed by atoms with Crippen LogP contribution >= 0.6 is 0 Å². The lowest BCUT2D eigenvalue weighted by atomic mass is 9.99. The fraction of sp³-hybridized carbons (Fsp3) is 0.450. The first-order valence-electron chi connectivity index (χ1n) is 9.34. The molecule has 0 atom stereocenters. The maximum Gasteiger partial charge on any atom is 0.471 e. The second kappa shape index (κ2) is 9.29. The van der Waals surface area contributed by atoms with Crippen LogP contribution in [-0.4, -0.2) is 44.2 Å². The van der Waals surface area contributed by atoms with E-state index in [4.69, 9.17) is 23.7 Å². The minimum absolute atomic E-state index is 0.0360. The Bertz CT molecular complexity index is 893. The van der Waals surface area contributed by atoms with Gasteiger partial charge in [0.2, 0.25) is 6.79 Å². The predicted octanol–water partition coefficient (Wildman–Crippen LogP) is 2.75. The lowest BCUT2D eigenvalue weighted by Gasteiger charge is -2.12. The molecule has 0 radical (unpaired) electrons. The summed E-state index contributed by atoms with van der Waals surface area (Å²) in [5, 5.41) is 10.9. The van der Waals surface area contributed by atoms with Crippen LogP contribution in [-0.2, 0) is 24.1 Å². The van der Waals surface area contributed by atoms with Gasteiger partial charge in [0, 0.05) is 32.1 Å². The Morgan fingerprint density at radius 2 is 1.87 bits per heavy atom. The third kappa shape index (κ3) is 5.18. The highest BCUT2D eigenvalue weighted by Gasteiger charge is 2.38. The molecule has 2 heterocycles. The molecule has 0 fully saturated rings. The van der Waals surface area contributed by atoms with Gasteiger partial charge in [0.1, 0.15) is 11.5 Å². The summed E-state index contributed by atoms with van der Waals surface area (Å²) in [6.45, 7) is -0.102. The van der Waals surface area contributed by atoms with Crippen molar-refractivity contribution in [3.8, 4) is 17.2 Å². The highest BCUT2D eigenvalue weighted by molar-refractivity contribution is 5.81. The summed E-state index contributed by atoms with van der Waals surface area (Å²) < 4.78 is 59.2. The Morgan fingerprint density at radius 3 is 2.50 bits per heavy atom. The van der Waals surface area contributed by atoms with Crippen molar-refractivity contribution in [2.24, 2.45) is 0 Å². The van der Waals surface area contributed by atoms with Crippen molar-refractivity contribution >= 4 is 5.91 Å². The van der Waals surface area contributed by atoms with Gasteiger partial charge in [-0.2, -0.15) is 13.2 Å². The topological polar surface area (TPSA) is 90.2 Å². The highest BCUT2D eigenvalue weighted by Crippen LogP contribution is 2.37. The second-order valence-corrected chi connectivity index (χ2v) is 6.69. The van der Waals surface area contributed by atoms with Gasteiger partial charge in [-0.05, 0) is 36.1 Å². The van der Waals surface area contributed by atoms with Crippen LogP contribution < -0.4 is 19.5 Å². The minimum Gasteiger partial charge on any atom is -0.493 e. The molecule has 1 aromatic carbocycles. The largest absolute Gasteiger partial charge is 0.493 e. The molecule has 2 N–H and O–H groups in total. The van der Waals surface area contributed by atoms with Gasteiger partial charge in [0.15, 0.2) is 17.2 Å². The van der Waals surface area contributed by atoms with Gasteiger partial charge in [-0.1, -0.05) is 0 Å². The van der Waals surface area contributed by atoms with Crippen molar-refractivity contribution in [2.75, 3.05) is 27.1 Å². The van der Waals surface area contributed by atoms with E-state index in [2.05, 4.69) is 0 Å². The smallest absolute Gasteiger partial charge is 0.471 e. The number of amides is 1. The Morgan fingerprint density at radius 1 is 1.17 bits per heavy atom. The van der Waals surface area contributed by atoms with Crippen LogP contribution in [0.3, 0.4) is 0 Å². The van der Waals surface area contributed by atoms with Crippen LogP contribution in [0, 0.1) is 0 Å². The van der Waals surface area contributed by atoms with Gasteiger partial charge >= 0.3 is 12.1 Å². The highest BCUT2D eigenvalue weighted by atomic mass is 19.4. The van der Waals surface area contributed by atoms with Crippen molar-refractivity contribution in [1.82, 2.24) is 5.32 Å². The molecule has 164 valence electrons. The molecule has 1 aliphatic rings. The van der Waals surface area contributed by atoms with Gasteiger partial charge in [0.05, 0.1) is 7.11 Å². The molecular formula is C20H22F3NO6. The van der Waals surface area contributed by atoms with E-state index in [-0.39, 0.29) is 26.4 Å². The van der Waals surface area contributed by atoms with Crippen molar-refractivity contribution < 1.29 is 41.7 Å². The third-order valence-electron chi connectivity index (χ3n) is 4.61. The number of halogens is 3. The summed E-state index contributed by atoms with van der Waals surface area (Å²) >= 11 is 0. The standard InChI is InChI=1S/C20H22F3NO6/c1-27-15-10-14(3-2-6-25)30-18(15)9-13-8-17-16(28-11-29-17)7-12(13)4-5-24-19(26)20(21,22)23/h7-8,10,25H,2-6,9,11H2,1H3,(H,24,26). The average molecular weight is 429 g/mol. The molecule has 0 bridgehead atoms. The Labute approximate surface area is 170 Å². The van der Waals surface area contributed by atoms with Crippen molar-refractivity contribution in [2.45, 2.75) is 31.9 Å². The molecule has 1 amide bonds. The summed E-state index contributed by atoms with van der Waals surface area (Å²) in [6.07, 6.45) is -3.37. The summed E-state index contributed by atoms with van der Waals surface area (Å²) in [4.78, 5) is 11.1. The zero-order valence-corrected chi connectivity index (χ0v) is 16.3. The normalized spacial score (nSPS) is 12.8. The number of methoxy groups -OCH3 is 1. The molecule has 3 rings (SSSR count). The fourth-order valence-corrected chi connectivity index (χ4v) is 3.14. The molecule has 0 spiro atoms. The molecule has 7 nitrogen and oxygen atoms in total. The SMILES string of the molecule is COc1cc(CCCO)oc1Cc1cc2c(cc1CCNC(=O)C(F)(F)F)OCO2. The van der Waals surface area contributed by atoms with Gasteiger partial charge in [0.25, 0.3) is 0 Å². The number of carbonyl (C=O) groups excluding carboxylic acids is 1. The number of aliphatic hydroxyl groups excluding tert-OH is 1. The zero-order chi connectivity index (χ0) is 21.7. The second-order valence-electron chi connectivity index (χ2n) is 6.69. The van der Waals surface area contributed by atoms with Gasteiger partial charge in [-0.15, -0.1) is 0 Å². The summed E-state index contributed by atoms with van der Waals surface area (Å²) in [7, 11) is 1.51. The molecular weight excluding hydrogens is 407 g/mol. The number of alkyl halides is 3. The number of aryl methyl sites for hydroxylation is 1. The zero-order valence-electron chi connectivity index (χ0n) is 16.3. The molecule has 0 saturated heterocycles. The number of rotatable bonds is 9. The van der Waals surface area contributed by atoms with E-state index in [0.29, 0.717) is 53.6 Å². The maximum atomic E-state index is 12.4. The first-order chi connectivity index (χ1) is 14.3. The van der Waals surface area contributed by atoms with Crippen LogP contribution in [0.2, 0.25) is 0 Å². The van der Waals surface area contributed by atoms with Crippen molar-refractivity contribution in [3.63, 3.8) is 0 Å². The number of hydrogen-bond donors (Lipinski definition) is 2. The third-order valence-corrected chi connectivity index (χ3v) is 4.61. The molecule has 0 aliphatic carbocycles. The number of nitrogens with one attached hydrogen (secondary N) is 1. The van der Waals surface area contributed by atoms with Crippen molar-refractivity contribution in [3.05, 3.63) is 40.8 Å².